The van der Waals surface area contributed by atoms with Gasteiger partial charge in [0.25, 0.3) is 5.91 Å². The van der Waals surface area contributed by atoms with Crippen LogP contribution in [0.4, 0.5) is 0 Å². The Labute approximate surface area is 186 Å². The molecule has 0 bridgehead atoms. The van der Waals surface area contributed by atoms with E-state index in [1.54, 1.807) is 23.4 Å². The molecular formula is C21H23N5O5S. The molecule has 1 atom stereocenters. The number of carbonyl (C=O) groups is 2. The molecule has 0 saturated carbocycles. The zero-order chi connectivity index (χ0) is 22.7. The standard InChI is InChI=1S/C21H23N5O5S/c27-18-4-3-15(12-16(18)13-23-32(30)31)19(28)14-24-8-10-26(11-9-24)21(29)17-2-1-6-25-7-5-22-20(17)25/h1-7,12,23,27H,8-11,13-14H2,(H,30,31). The highest BCUT2D eigenvalue weighted by atomic mass is 32.2. The van der Waals surface area contributed by atoms with Crippen molar-refractivity contribution in [2.45, 2.75) is 6.54 Å². The molecule has 1 aliphatic heterocycles. The van der Waals surface area contributed by atoms with Crippen LogP contribution < -0.4 is 4.72 Å². The molecule has 3 heterocycles. The number of hydrogen-bond acceptors (Lipinski definition) is 6. The molecular weight excluding hydrogens is 434 g/mol. The van der Waals surface area contributed by atoms with Crippen LogP contribution in [0.5, 0.6) is 5.75 Å². The molecule has 1 saturated heterocycles. The first kappa shape index (κ1) is 22.1. The zero-order valence-electron chi connectivity index (χ0n) is 17.2. The number of rotatable bonds is 7. The maximum Gasteiger partial charge on any atom is 0.257 e. The molecule has 3 N–H and O–H groups in total. The van der Waals surface area contributed by atoms with Crippen molar-refractivity contribution >= 4 is 28.6 Å². The van der Waals surface area contributed by atoms with Crippen LogP contribution in [0.15, 0.2) is 48.9 Å². The first-order valence-corrected chi connectivity index (χ1v) is 11.2. The van der Waals surface area contributed by atoms with Gasteiger partial charge in [-0.15, -0.1) is 0 Å². The number of pyridine rings is 1. The van der Waals surface area contributed by atoms with E-state index in [-0.39, 0.29) is 30.5 Å². The summed E-state index contributed by atoms with van der Waals surface area (Å²) >= 11 is -2.22. The largest absolute Gasteiger partial charge is 0.508 e. The number of nitrogens with one attached hydrogen (secondary N) is 1. The molecule has 3 aromatic rings. The van der Waals surface area contributed by atoms with Gasteiger partial charge in [0.05, 0.1) is 12.1 Å². The third-order valence-corrected chi connectivity index (χ3v) is 5.86. The van der Waals surface area contributed by atoms with Crippen molar-refractivity contribution in [2.24, 2.45) is 0 Å². The van der Waals surface area contributed by atoms with E-state index < -0.39 is 11.3 Å². The fourth-order valence-electron chi connectivity index (χ4n) is 3.73. The maximum atomic E-state index is 13.0. The van der Waals surface area contributed by atoms with Crippen LogP contribution in [-0.2, 0) is 17.8 Å². The van der Waals surface area contributed by atoms with Crippen molar-refractivity contribution in [3.05, 3.63) is 65.6 Å². The summed E-state index contributed by atoms with van der Waals surface area (Å²) in [6.07, 6.45) is 5.30. The van der Waals surface area contributed by atoms with Gasteiger partial charge in [0.1, 0.15) is 11.4 Å². The topological polar surface area (TPSA) is 127 Å². The highest BCUT2D eigenvalue weighted by Crippen LogP contribution is 2.20. The molecule has 10 nitrogen and oxygen atoms in total. The number of nitrogens with zero attached hydrogens (tertiary/aromatic N) is 4. The predicted molar refractivity (Wildman–Crippen MR) is 118 cm³/mol. The van der Waals surface area contributed by atoms with Crippen LogP contribution >= 0.6 is 0 Å². The number of hydrogen-bond donors (Lipinski definition) is 3. The Morgan fingerprint density at radius 2 is 1.91 bits per heavy atom. The van der Waals surface area contributed by atoms with Gasteiger partial charge in [0.15, 0.2) is 5.78 Å². The van der Waals surface area contributed by atoms with E-state index in [9.17, 15) is 18.9 Å². The lowest BCUT2D eigenvalue weighted by Gasteiger charge is -2.34. The summed E-state index contributed by atoms with van der Waals surface area (Å²) in [4.78, 5) is 33.7. The number of amides is 1. The number of imidazole rings is 1. The van der Waals surface area contributed by atoms with Crippen molar-refractivity contribution < 1.29 is 23.5 Å². The molecule has 1 aliphatic rings. The number of piperazine rings is 1. The molecule has 32 heavy (non-hydrogen) atoms. The molecule has 0 aliphatic carbocycles. The number of carbonyl (C=O) groups excluding carboxylic acids is 2. The molecule has 2 aromatic heterocycles. The van der Waals surface area contributed by atoms with E-state index in [0.717, 1.165) is 0 Å². The minimum atomic E-state index is -2.22. The Balaban J connectivity index is 1.35. The third-order valence-electron chi connectivity index (χ3n) is 5.46. The summed E-state index contributed by atoms with van der Waals surface area (Å²) < 4.78 is 23.7. The lowest BCUT2D eigenvalue weighted by molar-refractivity contribution is 0.0625. The van der Waals surface area contributed by atoms with E-state index in [0.29, 0.717) is 48.5 Å². The molecule has 1 fully saturated rings. The summed E-state index contributed by atoms with van der Waals surface area (Å²) in [5.74, 6) is -0.262. The third kappa shape index (κ3) is 4.86. The minimum absolute atomic E-state index is 0.0415. The van der Waals surface area contributed by atoms with Crippen molar-refractivity contribution in [1.82, 2.24) is 23.9 Å². The molecule has 11 heteroatoms. The lowest BCUT2D eigenvalue weighted by Crippen LogP contribution is -2.50. The molecule has 4 rings (SSSR count). The number of fused-ring (bicyclic) bond motifs is 1. The van der Waals surface area contributed by atoms with Crippen molar-refractivity contribution in [1.29, 1.82) is 0 Å². The van der Waals surface area contributed by atoms with Gasteiger partial charge in [0.2, 0.25) is 11.3 Å². The quantitative estimate of drug-likeness (QED) is 0.355. The Bertz CT molecular complexity index is 1170. The summed E-state index contributed by atoms with van der Waals surface area (Å²) in [5, 5.41) is 9.89. The van der Waals surface area contributed by atoms with E-state index in [1.807, 2.05) is 21.6 Å². The van der Waals surface area contributed by atoms with E-state index >= 15 is 0 Å². The normalized spacial score (nSPS) is 15.7. The molecule has 1 aromatic carbocycles. The second-order valence-corrected chi connectivity index (χ2v) is 8.27. The Kier molecular flexibility index (Phi) is 6.61. The van der Waals surface area contributed by atoms with Gasteiger partial charge in [-0.3, -0.25) is 19.0 Å². The van der Waals surface area contributed by atoms with Gasteiger partial charge in [-0.05, 0) is 30.3 Å². The summed E-state index contributed by atoms with van der Waals surface area (Å²) in [6.45, 7) is 2.26. The molecule has 0 radical (unpaired) electrons. The Morgan fingerprint density at radius 3 is 2.66 bits per heavy atom. The monoisotopic (exact) mass is 457 g/mol. The SMILES string of the molecule is O=C(CN1CCN(C(=O)c2cccn3ccnc23)CC1)c1ccc(O)c(CNS(=O)O)c1. The molecule has 1 unspecified atom stereocenters. The number of aromatic nitrogens is 2. The summed E-state index contributed by atoms with van der Waals surface area (Å²) in [5.41, 5.74) is 1.95. The van der Waals surface area contributed by atoms with Gasteiger partial charge < -0.3 is 14.4 Å². The number of aromatic hydroxyl groups is 1. The number of phenols is 1. The van der Waals surface area contributed by atoms with Crippen LogP contribution in [0.3, 0.4) is 0 Å². The van der Waals surface area contributed by atoms with Crippen LogP contribution in [0.1, 0.15) is 26.3 Å². The van der Waals surface area contributed by atoms with Crippen molar-refractivity contribution in [3.8, 4) is 5.75 Å². The van der Waals surface area contributed by atoms with Gasteiger partial charge in [-0.25, -0.2) is 13.9 Å². The van der Waals surface area contributed by atoms with Crippen molar-refractivity contribution in [2.75, 3.05) is 32.7 Å². The molecule has 168 valence electrons. The number of Topliss-reactive ketones (excluding diaryl/α,β-unsaturated/α-hetero) is 1. The predicted octanol–water partition coefficient (Wildman–Crippen LogP) is 0.907. The Hall–Kier alpha value is -3.12. The van der Waals surface area contributed by atoms with Crippen LogP contribution in [0, 0.1) is 0 Å². The number of benzene rings is 1. The fraction of sp³-hybridized carbons (Fsp3) is 0.286. The van der Waals surface area contributed by atoms with E-state index in [4.69, 9.17) is 4.55 Å². The summed E-state index contributed by atoms with van der Waals surface area (Å²) in [6, 6.07) is 8.03. The number of ketones is 1. The van der Waals surface area contributed by atoms with E-state index in [2.05, 4.69) is 9.71 Å². The fourth-order valence-corrected chi connectivity index (χ4v) is 4.01. The van der Waals surface area contributed by atoms with Gasteiger partial charge >= 0.3 is 0 Å². The average molecular weight is 458 g/mol. The van der Waals surface area contributed by atoms with Gasteiger partial charge in [-0.2, -0.15) is 0 Å². The lowest BCUT2D eigenvalue weighted by atomic mass is 10.1. The maximum absolute atomic E-state index is 13.0. The zero-order valence-corrected chi connectivity index (χ0v) is 18.0. The first-order chi connectivity index (χ1) is 15.4. The van der Waals surface area contributed by atoms with Gasteiger partial charge in [-0.1, -0.05) is 0 Å². The van der Waals surface area contributed by atoms with Crippen LogP contribution in [0.2, 0.25) is 0 Å². The molecule has 1 amide bonds. The van der Waals surface area contributed by atoms with Crippen molar-refractivity contribution in [3.63, 3.8) is 0 Å². The first-order valence-electron chi connectivity index (χ1n) is 10.0. The highest BCUT2D eigenvalue weighted by molar-refractivity contribution is 7.77. The average Bonchev–Trinajstić information content (AvgIpc) is 3.27. The minimum Gasteiger partial charge on any atom is -0.508 e. The van der Waals surface area contributed by atoms with Gasteiger partial charge in [0, 0.05) is 62.4 Å². The second kappa shape index (κ2) is 9.57. The summed E-state index contributed by atoms with van der Waals surface area (Å²) in [7, 11) is 0. The number of phenolic OH excluding ortho intramolecular Hbond substituents is 1. The van der Waals surface area contributed by atoms with Crippen LogP contribution in [-0.4, -0.2) is 77.5 Å². The smallest absolute Gasteiger partial charge is 0.257 e. The van der Waals surface area contributed by atoms with Crippen LogP contribution in [0.25, 0.3) is 5.65 Å². The second-order valence-electron chi connectivity index (χ2n) is 7.49. The van der Waals surface area contributed by atoms with E-state index in [1.165, 1.54) is 18.2 Å². The Morgan fingerprint density at radius 1 is 1.12 bits per heavy atom. The molecule has 0 spiro atoms. The highest BCUT2D eigenvalue weighted by Gasteiger charge is 2.25.